The first-order valence-electron chi connectivity index (χ1n) is 5.40. The number of pyridine rings is 1. The van der Waals surface area contributed by atoms with Crippen molar-refractivity contribution in [3.63, 3.8) is 0 Å². The van der Waals surface area contributed by atoms with E-state index in [0.717, 1.165) is 10.8 Å². The number of nitrogens with zero attached hydrogens (tertiary/aromatic N) is 2. The summed E-state index contributed by atoms with van der Waals surface area (Å²) in [4.78, 5) is 14.9. The molecule has 1 unspecified atom stereocenters. The molecule has 0 aliphatic heterocycles. The SMILES string of the molecule is CC(Nc1nccc2c(C#N)cccc12)C(=O)O. The van der Waals surface area contributed by atoms with E-state index in [1.807, 2.05) is 0 Å². The average Bonchev–Trinajstić information content (AvgIpc) is 2.38. The lowest BCUT2D eigenvalue weighted by molar-refractivity contribution is -0.137. The number of nitrogens with one attached hydrogen (secondary N) is 1. The molecule has 1 atom stereocenters. The summed E-state index contributed by atoms with van der Waals surface area (Å²) in [5.74, 6) is -0.482. The minimum atomic E-state index is -0.953. The molecule has 2 aromatic rings. The molecule has 0 radical (unpaired) electrons. The Morgan fingerprint density at radius 1 is 1.44 bits per heavy atom. The average molecular weight is 241 g/mol. The fraction of sp³-hybridized carbons (Fsp3) is 0.154. The fourth-order valence-corrected chi connectivity index (χ4v) is 1.69. The lowest BCUT2D eigenvalue weighted by Gasteiger charge is -2.12. The van der Waals surface area contributed by atoms with Gasteiger partial charge in [0.25, 0.3) is 0 Å². The Labute approximate surface area is 104 Å². The van der Waals surface area contributed by atoms with Crippen molar-refractivity contribution in [3.05, 3.63) is 36.0 Å². The molecular formula is C13H11N3O2. The molecule has 0 saturated carbocycles. The third-order valence-electron chi connectivity index (χ3n) is 2.65. The minimum absolute atomic E-state index is 0.472. The first-order valence-corrected chi connectivity index (χ1v) is 5.40. The Kier molecular flexibility index (Phi) is 3.11. The van der Waals surface area contributed by atoms with Crippen molar-refractivity contribution >= 4 is 22.6 Å². The van der Waals surface area contributed by atoms with Crippen molar-refractivity contribution < 1.29 is 9.90 Å². The van der Waals surface area contributed by atoms with Crippen LogP contribution in [-0.2, 0) is 4.79 Å². The van der Waals surface area contributed by atoms with E-state index < -0.39 is 12.0 Å². The van der Waals surface area contributed by atoms with Crippen molar-refractivity contribution in [3.8, 4) is 6.07 Å². The smallest absolute Gasteiger partial charge is 0.325 e. The fourth-order valence-electron chi connectivity index (χ4n) is 1.69. The summed E-state index contributed by atoms with van der Waals surface area (Å²) < 4.78 is 0. The largest absolute Gasteiger partial charge is 0.480 e. The molecule has 90 valence electrons. The number of carboxylic acid groups (broad SMARTS) is 1. The number of rotatable bonds is 3. The lowest BCUT2D eigenvalue weighted by atomic mass is 10.1. The van der Waals surface area contributed by atoms with E-state index in [2.05, 4.69) is 16.4 Å². The molecule has 1 aromatic carbocycles. The van der Waals surface area contributed by atoms with E-state index in [-0.39, 0.29) is 0 Å². The number of carbonyl (C=O) groups is 1. The highest BCUT2D eigenvalue weighted by molar-refractivity contribution is 5.96. The second-order valence-electron chi connectivity index (χ2n) is 3.88. The van der Waals surface area contributed by atoms with Crippen LogP contribution in [0.1, 0.15) is 12.5 Å². The Morgan fingerprint density at radius 3 is 2.89 bits per heavy atom. The van der Waals surface area contributed by atoms with Gasteiger partial charge in [-0.15, -0.1) is 0 Å². The second kappa shape index (κ2) is 4.72. The maximum atomic E-state index is 10.8. The zero-order valence-electron chi connectivity index (χ0n) is 9.71. The van der Waals surface area contributed by atoms with Gasteiger partial charge in [-0.1, -0.05) is 12.1 Å². The van der Waals surface area contributed by atoms with Crippen molar-refractivity contribution in [2.45, 2.75) is 13.0 Å². The van der Waals surface area contributed by atoms with E-state index >= 15 is 0 Å². The van der Waals surface area contributed by atoms with Crippen molar-refractivity contribution in [2.75, 3.05) is 5.32 Å². The molecule has 0 aliphatic carbocycles. The van der Waals surface area contributed by atoms with Gasteiger partial charge in [-0.2, -0.15) is 5.26 Å². The molecule has 0 saturated heterocycles. The van der Waals surface area contributed by atoms with Gasteiger partial charge >= 0.3 is 5.97 Å². The summed E-state index contributed by atoms with van der Waals surface area (Å²) in [6.07, 6.45) is 1.56. The molecule has 1 aromatic heterocycles. The Hall–Kier alpha value is -2.61. The molecule has 0 amide bonds. The maximum absolute atomic E-state index is 10.8. The molecule has 0 aliphatic rings. The number of anilines is 1. The van der Waals surface area contributed by atoms with E-state index in [0.29, 0.717) is 11.4 Å². The Morgan fingerprint density at radius 2 is 2.22 bits per heavy atom. The molecule has 1 heterocycles. The number of hydrogen-bond acceptors (Lipinski definition) is 4. The van der Waals surface area contributed by atoms with Gasteiger partial charge in [0.15, 0.2) is 0 Å². The zero-order chi connectivity index (χ0) is 13.1. The van der Waals surface area contributed by atoms with E-state index in [1.165, 1.54) is 6.92 Å². The summed E-state index contributed by atoms with van der Waals surface area (Å²) in [6.45, 7) is 1.54. The van der Waals surface area contributed by atoms with E-state index in [9.17, 15) is 4.79 Å². The molecule has 0 spiro atoms. The van der Waals surface area contributed by atoms with E-state index in [1.54, 1.807) is 30.5 Å². The number of aliphatic carboxylic acids is 1. The monoisotopic (exact) mass is 241 g/mol. The van der Waals surface area contributed by atoms with Gasteiger partial charge in [0, 0.05) is 17.0 Å². The first kappa shape index (κ1) is 11.9. The normalized spacial score (nSPS) is 11.8. The third-order valence-corrected chi connectivity index (χ3v) is 2.65. The van der Waals surface area contributed by atoms with Crippen LogP contribution in [0.25, 0.3) is 10.8 Å². The van der Waals surface area contributed by atoms with Crippen LogP contribution in [0.15, 0.2) is 30.5 Å². The molecule has 0 bridgehead atoms. The standard InChI is InChI=1S/C13H11N3O2/c1-8(13(17)18)16-12-11-4-2-3-9(7-14)10(11)5-6-15-12/h2-6,8H,1H3,(H,15,16)(H,17,18). The number of hydrogen-bond donors (Lipinski definition) is 2. The van der Waals surface area contributed by atoms with Gasteiger partial charge < -0.3 is 10.4 Å². The number of nitriles is 1. The highest BCUT2D eigenvalue weighted by atomic mass is 16.4. The van der Waals surface area contributed by atoms with Crippen LogP contribution in [0.2, 0.25) is 0 Å². The van der Waals surface area contributed by atoms with Gasteiger partial charge in [0.2, 0.25) is 0 Å². The molecule has 2 N–H and O–H groups in total. The highest BCUT2D eigenvalue weighted by Crippen LogP contribution is 2.24. The summed E-state index contributed by atoms with van der Waals surface area (Å²) in [5.41, 5.74) is 0.543. The molecule has 0 fully saturated rings. The van der Waals surface area contributed by atoms with Gasteiger partial charge in [0.05, 0.1) is 11.6 Å². The summed E-state index contributed by atoms with van der Waals surface area (Å²) in [6, 6.07) is 8.37. The van der Waals surface area contributed by atoms with Crippen LogP contribution in [0.3, 0.4) is 0 Å². The molecule has 5 heteroatoms. The van der Waals surface area contributed by atoms with Crippen LogP contribution in [0, 0.1) is 11.3 Å². The molecule has 18 heavy (non-hydrogen) atoms. The Bertz CT molecular complexity index is 646. The molecular weight excluding hydrogens is 230 g/mol. The van der Waals surface area contributed by atoms with Crippen LogP contribution in [-0.4, -0.2) is 22.1 Å². The van der Waals surface area contributed by atoms with Crippen molar-refractivity contribution in [1.29, 1.82) is 5.26 Å². The van der Waals surface area contributed by atoms with E-state index in [4.69, 9.17) is 10.4 Å². The first-order chi connectivity index (χ1) is 8.63. The number of carboxylic acids is 1. The van der Waals surface area contributed by atoms with Crippen LogP contribution in [0.5, 0.6) is 0 Å². The van der Waals surface area contributed by atoms with Crippen LogP contribution < -0.4 is 5.32 Å². The van der Waals surface area contributed by atoms with Gasteiger partial charge in [0.1, 0.15) is 11.9 Å². The van der Waals surface area contributed by atoms with Crippen molar-refractivity contribution in [1.82, 2.24) is 4.98 Å². The maximum Gasteiger partial charge on any atom is 0.325 e. The van der Waals surface area contributed by atoms with Gasteiger partial charge in [-0.3, -0.25) is 4.79 Å². The number of benzene rings is 1. The lowest BCUT2D eigenvalue weighted by Crippen LogP contribution is -2.25. The summed E-state index contributed by atoms with van der Waals surface area (Å²) >= 11 is 0. The quantitative estimate of drug-likeness (QED) is 0.858. The predicted molar refractivity (Wildman–Crippen MR) is 67.2 cm³/mol. The summed E-state index contributed by atoms with van der Waals surface area (Å²) in [5, 5.41) is 22.2. The van der Waals surface area contributed by atoms with Gasteiger partial charge in [-0.05, 0) is 19.1 Å². The highest BCUT2D eigenvalue weighted by Gasteiger charge is 2.13. The Balaban J connectivity index is 2.53. The topological polar surface area (TPSA) is 86.0 Å². The summed E-state index contributed by atoms with van der Waals surface area (Å²) in [7, 11) is 0. The second-order valence-corrected chi connectivity index (χ2v) is 3.88. The predicted octanol–water partition coefficient (Wildman–Crippen LogP) is 1.99. The van der Waals surface area contributed by atoms with Crippen LogP contribution in [0.4, 0.5) is 5.82 Å². The molecule has 5 nitrogen and oxygen atoms in total. The minimum Gasteiger partial charge on any atom is -0.480 e. The molecule has 2 rings (SSSR count). The van der Waals surface area contributed by atoms with Crippen molar-refractivity contribution in [2.24, 2.45) is 0 Å². The van der Waals surface area contributed by atoms with Gasteiger partial charge in [-0.25, -0.2) is 4.98 Å². The third kappa shape index (κ3) is 2.09. The number of aromatic nitrogens is 1. The number of fused-ring (bicyclic) bond motifs is 1. The van der Waals surface area contributed by atoms with Crippen LogP contribution >= 0.6 is 0 Å². The zero-order valence-corrected chi connectivity index (χ0v) is 9.71.